The van der Waals surface area contributed by atoms with Crippen LogP contribution >= 0.6 is 11.6 Å². The van der Waals surface area contributed by atoms with Crippen molar-refractivity contribution in [3.05, 3.63) is 23.4 Å². The van der Waals surface area contributed by atoms with Gasteiger partial charge in [-0.3, -0.25) is 4.99 Å². The van der Waals surface area contributed by atoms with Crippen LogP contribution in [0.4, 0.5) is 5.82 Å². The number of nitrogens with one attached hydrogen (secondary N) is 2. The number of hydrogen-bond acceptors (Lipinski definition) is 5. The molecule has 0 spiro atoms. The number of nitrogens with zero attached hydrogens (tertiary/aromatic N) is 4. The number of rotatable bonds is 5. The van der Waals surface area contributed by atoms with Gasteiger partial charge in [-0.15, -0.1) is 0 Å². The molecule has 2 N–H and O–H groups in total. The number of hydrogen-bond donors (Lipinski definition) is 2. The maximum atomic E-state index is 6.28. The molecule has 0 bridgehead atoms. The molecule has 3 heterocycles. The van der Waals surface area contributed by atoms with Crippen LogP contribution in [0, 0.1) is 0 Å². The first-order valence-corrected chi connectivity index (χ1v) is 9.74. The fourth-order valence-electron chi connectivity index (χ4n) is 3.36. The van der Waals surface area contributed by atoms with Crippen LogP contribution in [0.2, 0.25) is 5.02 Å². The lowest BCUT2D eigenvalue weighted by molar-refractivity contribution is -0.0136. The van der Waals surface area contributed by atoms with Gasteiger partial charge in [0.1, 0.15) is 5.82 Å². The molecule has 2 fully saturated rings. The molecule has 144 valence electrons. The van der Waals surface area contributed by atoms with Crippen molar-refractivity contribution in [3.63, 3.8) is 0 Å². The van der Waals surface area contributed by atoms with Crippen LogP contribution in [0.5, 0.6) is 0 Å². The zero-order chi connectivity index (χ0) is 18.4. The Balaban J connectivity index is 1.55. The van der Waals surface area contributed by atoms with Crippen LogP contribution in [0.1, 0.15) is 13.3 Å². The lowest BCUT2D eigenvalue weighted by Gasteiger charge is -2.29. The number of anilines is 1. The summed E-state index contributed by atoms with van der Waals surface area (Å²) in [7, 11) is 2.12. The minimum Gasteiger partial charge on any atom is -0.374 e. The minimum absolute atomic E-state index is 0.164. The predicted octanol–water partition coefficient (Wildman–Crippen LogP) is 1.20. The Kier molecular flexibility index (Phi) is 6.93. The van der Waals surface area contributed by atoms with Crippen LogP contribution in [0.15, 0.2) is 23.3 Å². The lowest BCUT2D eigenvalue weighted by Crippen LogP contribution is -2.46. The number of ether oxygens (including phenoxy) is 1. The van der Waals surface area contributed by atoms with Crippen LogP contribution < -0.4 is 15.5 Å². The summed E-state index contributed by atoms with van der Waals surface area (Å²) in [6.07, 6.45) is 2.98. The maximum Gasteiger partial charge on any atom is 0.191 e. The van der Waals surface area contributed by atoms with Crippen LogP contribution in [-0.4, -0.2) is 80.9 Å². The molecule has 1 aromatic heterocycles. The van der Waals surface area contributed by atoms with Crippen LogP contribution in [0.25, 0.3) is 0 Å². The molecule has 8 heteroatoms. The van der Waals surface area contributed by atoms with Crippen molar-refractivity contribution in [1.29, 1.82) is 0 Å². The third kappa shape index (κ3) is 5.22. The largest absolute Gasteiger partial charge is 0.374 e. The highest BCUT2D eigenvalue weighted by molar-refractivity contribution is 6.32. The first-order chi connectivity index (χ1) is 12.7. The summed E-state index contributed by atoms with van der Waals surface area (Å²) in [5, 5.41) is 7.58. The standard InChI is InChI=1S/C18H29ClN6O/c1-3-20-18(22-11-15-13-24(2)9-10-26-15)23-14-6-8-25(12-14)17-16(19)5-4-7-21-17/h4-5,7,14-15H,3,6,8-13H2,1-2H3,(H2,20,22,23). The molecule has 2 atom stereocenters. The van der Waals surface area contributed by atoms with Gasteiger partial charge in [0.05, 0.1) is 24.3 Å². The summed E-state index contributed by atoms with van der Waals surface area (Å²) in [5.41, 5.74) is 0. The smallest absolute Gasteiger partial charge is 0.191 e. The average molecular weight is 381 g/mol. The number of aliphatic imine (C=N–C) groups is 1. The molecule has 26 heavy (non-hydrogen) atoms. The van der Waals surface area contributed by atoms with E-state index in [9.17, 15) is 0 Å². The quantitative estimate of drug-likeness (QED) is 0.591. The molecule has 0 aromatic carbocycles. The van der Waals surface area contributed by atoms with Gasteiger partial charge in [-0.25, -0.2) is 4.98 Å². The molecule has 0 saturated carbocycles. The molecule has 0 aliphatic carbocycles. The van der Waals surface area contributed by atoms with Crippen molar-refractivity contribution < 1.29 is 4.74 Å². The first kappa shape index (κ1) is 19.2. The topological polar surface area (TPSA) is 65.0 Å². The molecular formula is C18H29ClN6O. The average Bonchev–Trinajstić information content (AvgIpc) is 3.09. The van der Waals surface area contributed by atoms with Crippen molar-refractivity contribution in [3.8, 4) is 0 Å². The van der Waals surface area contributed by atoms with E-state index < -0.39 is 0 Å². The SMILES string of the molecule is CCNC(=NCC1CN(C)CCO1)NC1CCN(c2ncccc2Cl)C1. The van der Waals surface area contributed by atoms with Crippen molar-refractivity contribution in [2.75, 3.05) is 57.8 Å². The highest BCUT2D eigenvalue weighted by Gasteiger charge is 2.25. The second-order valence-electron chi connectivity index (χ2n) is 6.86. The number of halogens is 1. The van der Waals surface area contributed by atoms with Gasteiger partial charge in [0, 0.05) is 45.0 Å². The van der Waals surface area contributed by atoms with Gasteiger partial charge in [-0.2, -0.15) is 0 Å². The second-order valence-corrected chi connectivity index (χ2v) is 7.27. The molecule has 2 unspecified atom stereocenters. The van der Waals surface area contributed by atoms with E-state index in [2.05, 4.69) is 39.4 Å². The van der Waals surface area contributed by atoms with E-state index in [1.165, 1.54) is 0 Å². The van der Waals surface area contributed by atoms with Crippen LogP contribution in [0.3, 0.4) is 0 Å². The van der Waals surface area contributed by atoms with Gasteiger partial charge in [-0.1, -0.05) is 11.6 Å². The Bertz CT molecular complexity index is 613. The van der Waals surface area contributed by atoms with E-state index in [1.54, 1.807) is 6.20 Å². The maximum absolute atomic E-state index is 6.28. The summed E-state index contributed by atoms with van der Waals surface area (Å²) >= 11 is 6.28. The lowest BCUT2D eigenvalue weighted by atomic mass is 10.2. The van der Waals surface area contributed by atoms with Gasteiger partial charge in [0.15, 0.2) is 5.96 Å². The highest BCUT2D eigenvalue weighted by Crippen LogP contribution is 2.25. The Morgan fingerprint density at radius 1 is 1.42 bits per heavy atom. The molecular weight excluding hydrogens is 352 g/mol. The fraction of sp³-hybridized carbons (Fsp3) is 0.667. The number of aromatic nitrogens is 1. The monoisotopic (exact) mass is 380 g/mol. The zero-order valence-electron chi connectivity index (χ0n) is 15.6. The normalized spacial score (nSPS) is 24.7. The Hall–Kier alpha value is -1.57. The summed E-state index contributed by atoms with van der Waals surface area (Å²) in [6.45, 7) is 8.08. The van der Waals surface area contributed by atoms with Crippen molar-refractivity contribution in [2.45, 2.75) is 25.5 Å². The minimum atomic E-state index is 0.164. The summed E-state index contributed by atoms with van der Waals surface area (Å²) < 4.78 is 5.80. The van der Waals surface area contributed by atoms with Gasteiger partial charge in [-0.05, 0) is 32.5 Å². The van der Waals surface area contributed by atoms with Crippen molar-refractivity contribution >= 4 is 23.4 Å². The molecule has 2 aliphatic rings. The number of likely N-dealkylation sites (N-methyl/N-ethyl adjacent to an activating group) is 1. The third-order valence-electron chi connectivity index (χ3n) is 4.71. The molecule has 7 nitrogen and oxygen atoms in total. The van der Waals surface area contributed by atoms with Crippen molar-refractivity contribution in [1.82, 2.24) is 20.5 Å². The first-order valence-electron chi connectivity index (χ1n) is 9.36. The molecule has 0 radical (unpaired) electrons. The number of morpholine rings is 1. The third-order valence-corrected chi connectivity index (χ3v) is 5.00. The Morgan fingerprint density at radius 2 is 2.31 bits per heavy atom. The van der Waals surface area contributed by atoms with E-state index in [-0.39, 0.29) is 6.10 Å². The Morgan fingerprint density at radius 3 is 3.08 bits per heavy atom. The van der Waals surface area contributed by atoms with Gasteiger partial charge >= 0.3 is 0 Å². The summed E-state index contributed by atoms with van der Waals surface area (Å²) in [6, 6.07) is 4.07. The van der Waals surface area contributed by atoms with Gasteiger partial charge in [0.25, 0.3) is 0 Å². The second kappa shape index (κ2) is 9.39. The predicted molar refractivity (Wildman–Crippen MR) is 106 cm³/mol. The molecule has 3 rings (SSSR count). The van der Waals surface area contributed by atoms with Crippen LogP contribution in [-0.2, 0) is 4.74 Å². The summed E-state index contributed by atoms with van der Waals surface area (Å²) in [4.78, 5) is 13.7. The molecule has 1 aromatic rings. The highest BCUT2D eigenvalue weighted by atomic mass is 35.5. The zero-order valence-corrected chi connectivity index (χ0v) is 16.4. The van der Waals surface area contributed by atoms with E-state index in [0.717, 1.165) is 57.5 Å². The van der Waals surface area contributed by atoms with Gasteiger partial charge in [0.2, 0.25) is 0 Å². The van der Waals surface area contributed by atoms with E-state index in [4.69, 9.17) is 21.3 Å². The van der Waals surface area contributed by atoms with Crippen molar-refractivity contribution in [2.24, 2.45) is 4.99 Å². The van der Waals surface area contributed by atoms with Gasteiger partial charge < -0.3 is 25.2 Å². The molecule has 2 aliphatic heterocycles. The van der Waals surface area contributed by atoms with E-state index in [0.29, 0.717) is 17.6 Å². The number of guanidine groups is 1. The summed E-state index contributed by atoms with van der Waals surface area (Å²) in [5.74, 6) is 1.71. The fourth-order valence-corrected chi connectivity index (χ4v) is 3.61. The van der Waals surface area contributed by atoms with E-state index >= 15 is 0 Å². The number of pyridine rings is 1. The molecule has 0 amide bonds. The van der Waals surface area contributed by atoms with E-state index in [1.807, 2.05) is 12.1 Å². The Labute approximate surface area is 160 Å². The molecule has 2 saturated heterocycles.